The summed E-state index contributed by atoms with van der Waals surface area (Å²) in [7, 11) is 2.00. The zero-order chi connectivity index (χ0) is 13.3. The highest BCUT2D eigenvalue weighted by Crippen LogP contribution is 2.31. The molecule has 0 atom stereocenters. The van der Waals surface area contributed by atoms with Crippen molar-refractivity contribution >= 4 is 10.9 Å². The van der Waals surface area contributed by atoms with Crippen molar-refractivity contribution in [3.05, 3.63) is 35.0 Å². The van der Waals surface area contributed by atoms with Crippen molar-refractivity contribution in [2.45, 2.75) is 46.1 Å². The van der Waals surface area contributed by atoms with Gasteiger partial charge in [0.15, 0.2) is 0 Å². The van der Waals surface area contributed by atoms with Crippen LogP contribution in [0.5, 0.6) is 0 Å². The number of H-pyrrole nitrogens is 1. The normalized spacial score (nSPS) is 11.9. The summed E-state index contributed by atoms with van der Waals surface area (Å²) in [5, 5.41) is 4.64. The summed E-state index contributed by atoms with van der Waals surface area (Å²) in [6.07, 6.45) is 0. The molecule has 2 nitrogen and oxygen atoms in total. The lowest BCUT2D eigenvalue weighted by atomic mass is 9.95. The van der Waals surface area contributed by atoms with Gasteiger partial charge in [-0.1, -0.05) is 33.8 Å². The van der Waals surface area contributed by atoms with E-state index in [9.17, 15) is 0 Å². The lowest BCUT2D eigenvalue weighted by Crippen LogP contribution is -2.08. The molecule has 0 aliphatic heterocycles. The molecule has 0 unspecified atom stereocenters. The highest BCUT2D eigenvalue weighted by molar-refractivity contribution is 5.86. The van der Waals surface area contributed by atoms with Crippen molar-refractivity contribution in [2.24, 2.45) is 0 Å². The summed E-state index contributed by atoms with van der Waals surface area (Å²) in [5.41, 5.74) is 5.46. The van der Waals surface area contributed by atoms with Gasteiger partial charge >= 0.3 is 0 Å². The van der Waals surface area contributed by atoms with E-state index >= 15 is 0 Å². The lowest BCUT2D eigenvalue weighted by Gasteiger charge is -2.09. The van der Waals surface area contributed by atoms with Crippen molar-refractivity contribution in [1.29, 1.82) is 0 Å². The van der Waals surface area contributed by atoms with Crippen LogP contribution in [-0.2, 0) is 6.54 Å². The van der Waals surface area contributed by atoms with E-state index in [1.54, 1.807) is 0 Å². The molecule has 1 heterocycles. The van der Waals surface area contributed by atoms with Crippen LogP contribution in [0.3, 0.4) is 0 Å². The lowest BCUT2D eigenvalue weighted by molar-refractivity contribution is 0.765. The third-order valence-electron chi connectivity index (χ3n) is 3.54. The molecule has 18 heavy (non-hydrogen) atoms. The van der Waals surface area contributed by atoms with Gasteiger partial charge in [0.25, 0.3) is 0 Å². The zero-order valence-electron chi connectivity index (χ0n) is 12.1. The van der Waals surface area contributed by atoms with Crippen LogP contribution in [0.4, 0.5) is 0 Å². The molecule has 1 aromatic carbocycles. The van der Waals surface area contributed by atoms with Gasteiger partial charge in [0.2, 0.25) is 0 Å². The van der Waals surface area contributed by atoms with E-state index in [4.69, 9.17) is 0 Å². The summed E-state index contributed by atoms with van der Waals surface area (Å²) < 4.78 is 0. The Balaban J connectivity index is 2.63. The Bertz CT molecular complexity index is 535. The van der Waals surface area contributed by atoms with Crippen molar-refractivity contribution in [2.75, 3.05) is 7.05 Å². The first kappa shape index (κ1) is 13.2. The second kappa shape index (κ2) is 5.15. The first-order chi connectivity index (χ1) is 8.54. The number of benzene rings is 1. The highest BCUT2D eigenvalue weighted by atomic mass is 14.9. The number of aromatic nitrogens is 1. The molecule has 2 N–H and O–H groups in total. The average molecular weight is 244 g/mol. The smallest absolute Gasteiger partial charge is 0.0459 e. The third-order valence-corrected chi connectivity index (χ3v) is 3.54. The first-order valence-electron chi connectivity index (χ1n) is 6.83. The van der Waals surface area contributed by atoms with Gasteiger partial charge in [-0.25, -0.2) is 0 Å². The van der Waals surface area contributed by atoms with E-state index in [1.165, 1.54) is 27.7 Å². The zero-order valence-corrected chi connectivity index (χ0v) is 12.1. The number of hydrogen-bond donors (Lipinski definition) is 2. The Morgan fingerprint density at radius 2 is 1.83 bits per heavy atom. The van der Waals surface area contributed by atoms with E-state index in [2.05, 4.69) is 56.2 Å². The highest BCUT2D eigenvalue weighted by Gasteiger charge is 2.14. The molecule has 2 aromatic rings. The third kappa shape index (κ3) is 2.30. The van der Waals surface area contributed by atoms with Gasteiger partial charge in [-0.05, 0) is 42.1 Å². The van der Waals surface area contributed by atoms with Crippen molar-refractivity contribution < 1.29 is 0 Å². The molecule has 2 heteroatoms. The molecule has 1 aromatic heterocycles. The minimum Gasteiger partial charge on any atom is -0.357 e. The van der Waals surface area contributed by atoms with Crippen LogP contribution in [0.1, 0.15) is 56.4 Å². The van der Waals surface area contributed by atoms with Crippen LogP contribution < -0.4 is 5.32 Å². The van der Waals surface area contributed by atoms with E-state index in [0.29, 0.717) is 11.8 Å². The van der Waals surface area contributed by atoms with Crippen LogP contribution in [0, 0.1) is 0 Å². The standard InChI is InChI=1S/C16H24N2/c1-10(2)12-6-7-14-13(8-12)16(11(3)4)15(18-14)9-17-5/h6-8,10-11,17-18H,9H2,1-5H3. The predicted octanol–water partition coefficient (Wildman–Crippen LogP) is 4.13. The summed E-state index contributed by atoms with van der Waals surface area (Å²) in [5.74, 6) is 1.13. The largest absolute Gasteiger partial charge is 0.357 e. The maximum Gasteiger partial charge on any atom is 0.0459 e. The second-order valence-corrected chi connectivity index (χ2v) is 5.66. The molecule has 0 aliphatic carbocycles. The van der Waals surface area contributed by atoms with Gasteiger partial charge in [-0.15, -0.1) is 0 Å². The van der Waals surface area contributed by atoms with E-state index in [-0.39, 0.29) is 0 Å². The Hall–Kier alpha value is -1.28. The van der Waals surface area contributed by atoms with Crippen LogP contribution in [0.2, 0.25) is 0 Å². The quantitative estimate of drug-likeness (QED) is 0.831. The van der Waals surface area contributed by atoms with Gasteiger partial charge in [0.05, 0.1) is 0 Å². The first-order valence-corrected chi connectivity index (χ1v) is 6.83. The molecule has 0 bridgehead atoms. The van der Waals surface area contributed by atoms with Gasteiger partial charge in [0, 0.05) is 23.1 Å². The molecule has 0 radical (unpaired) electrons. The van der Waals surface area contributed by atoms with Crippen LogP contribution in [-0.4, -0.2) is 12.0 Å². The molecular weight excluding hydrogens is 220 g/mol. The predicted molar refractivity (Wildman–Crippen MR) is 79.2 cm³/mol. The fourth-order valence-corrected chi connectivity index (χ4v) is 2.62. The van der Waals surface area contributed by atoms with E-state index < -0.39 is 0 Å². The van der Waals surface area contributed by atoms with Crippen molar-refractivity contribution in [3.63, 3.8) is 0 Å². The number of hydrogen-bond acceptors (Lipinski definition) is 1. The number of rotatable bonds is 4. The maximum atomic E-state index is 3.55. The van der Waals surface area contributed by atoms with E-state index in [0.717, 1.165) is 6.54 Å². The molecule has 0 saturated carbocycles. The van der Waals surface area contributed by atoms with Gasteiger partial charge < -0.3 is 10.3 Å². The Kier molecular flexibility index (Phi) is 3.76. The summed E-state index contributed by atoms with van der Waals surface area (Å²) in [6.45, 7) is 9.93. The monoisotopic (exact) mass is 244 g/mol. The summed E-state index contributed by atoms with van der Waals surface area (Å²) in [6, 6.07) is 6.80. The minimum atomic E-state index is 0.546. The molecule has 2 rings (SSSR count). The molecule has 0 fully saturated rings. The van der Waals surface area contributed by atoms with Gasteiger partial charge in [-0.3, -0.25) is 0 Å². The van der Waals surface area contributed by atoms with E-state index in [1.807, 2.05) is 7.05 Å². The van der Waals surface area contributed by atoms with Crippen LogP contribution in [0.25, 0.3) is 10.9 Å². The number of aromatic amines is 1. The topological polar surface area (TPSA) is 27.8 Å². The number of fused-ring (bicyclic) bond motifs is 1. The maximum absolute atomic E-state index is 3.55. The van der Waals surface area contributed by atoms with Gasteiger partial charge in [0.1, 0.15) is 0 Å². The minimum absolute atomic E-state index is 0.546. The van der Waals surface area contributed by atoms with Crippen LogP contribution in [0.15, 0.2) is 18.2 Å². The van der Waals surface area contributed by atoms with Crippen molar-refractivity contribution in [1.82, 2.24) is 10.3 Å². The average Bonchev–Trinajstić information content (AvgIpc) is 2.66. The van der Waals surface area contributed by atoms with Crippen LogP contribution >= 0.6 is 0 Å². The fourth-order valence-electron chi connectivity index (χ4n) is 2.62. The van der Waals surface area contributed by atoms with Crippen molar-refractivity contribution in [3.8, 4) is 0 Å². The summed E-state index contributed by atoms with van der Waals surface area (Å²) in [4.78, 5) is 3.55. The second-order valence-electron chi connectivity index (χ2n) is 5.66. The molecule has 98 valence electrons. The molecule has 0 spiro atoms. The molecular formula is C16H24N2. The Morgan fingerprint density at radius 1 is 1.11 bits per heavy atom. The molecule has 0 aliphatic rings. The summed E-state index contributed by atoms with van der Waals surface area (Å²) >= 11 is 0. The Labute approximate surface area is 110 Å². The molecule has 0 amide bonds. The Morgan fingerprint density at radius 3 is 2.39 bits per heavy atom. The number of nitrogens with one attached hydrogen (secondary N) is 2. The molecule has 0 saturated heterocycles. The SMILES string of the molecule is CNCc1[nH]c2ccc(C(C)C)cc2c1C(C)C. The van der Waals surface area contributed by atoms with Gasteiger partial charge in [-0.2, -0.15) is 0 Å². The fraction of sp³-hybridized carbons (Fsp3) is 0.500.